The highest BCUT2D eigenvalue weighted by Crippen LogP contribution is 2.38. The minimum Gasteiger partial charge on any atom is -0.491 e. The van der Waals surface area contributed by atoms with E-state index in [4.69, 9.17) is 14.2 Å². The summed E-state index contributed by atoms with van der Waals surface area (Å²) in [6, 6.07) is 19.9. The van der Waals surface area contributed by atoms with E-state index in [9.17, 15) is 13.9 Å². The standard InChI is InChI=1S/C35H40F2N8O4/c1-2-27(18-46)45-25-43(24-40-45)30-6-4-28(5-7-30)41-13-15-42(16-14-41)29-8-10-31(11-9-29)47-19-32-20-48-35(49-32,21-44-23-38-22-39-44)33-12-3-26(36)17-34(33)37/h3-12,17,22-24,27,32,46H,2,13-16,18-21,25H2,1H3/t27?,32-,35-/m1/s1. The third-order valence-electron chi connectivity index (χ3n) is 9.24. The van der Waals surface area contributed by atoms with Gasteiger partial charge >= 0.3 is 0 Å². The minimum absolute atomic E-state index is 0.0311. The van der Waals surface area contributed by atoms with E-state index in [1.807, 2.05) is 23.5 Å². The number of halogens is 2. The number of aliphatic hydroxyl groups excluding tert-OH is 1. The second kappa shape index (κ2) is 14.4. The van der Waals surface area contributed by atoms with Crippen molar-refractivity contribution in [3.63, 3.8) is 0 Å². The summed E-state index contributed by atoms with van der Waals surface area (Å²) in [4.78, 5) is 10.8. The number of anilines is 3. The lowest BCUT2D eigenvalue weighted by molar-refractivity contribution is -0.192. The van der Waals surface area contributed by atoms with Crippen LogP contribution in [0, 0.1) is 11.6 Å². The quantitative estimate of drug-likeness (QED) is 0.237. The van der Waals surface area contributed by atoms with Crippen LogP contribution >= 0.6 is 0 Å². The topological polar surface area (TPSA) is 104 Å². The van der Waals surface area contributed by atoms with Gasteiger partial charge in [0, 0.05) is 54.9 Å². The van der Waals surface area contributed by atoms with E-state index in [2.05, 4.69) is 73.2 Å². The number of hydrogen-bond acceptors (Lipinski definition) is 11. The average molecular weight is 675 g/mol. The van der Waals surface area contributed by atoms with E-state index in [0.717, 1.165) is 50.0 Å². The molecule has 0 saturated carbocycles. The van der Waals surface area contributed by atoms with Crippen LogP contribution in [0.5, 0.6) is 5.75 Å². The Balaban J connectivity index is 0.901. The van der Waals surface area contributed by atoms with E-state index in [1.54, 1.807) is 0 Å². The molecule has 7 rings (SSSR count). The van der Waals surface area contributed by atoms with E-state index >= 15 is 0 Å². The molecule has 12 nitrogen and oxygen atoms in total. The average Bonchev–Trinajstić information content (AvgIpc) is 3.92. The summed E-state index contributed by atoms with van der Waals surface area (Å²) in [6.45, 7) is 6.73. The Hall–Kier alpha value is -4.79. The Morgan fingerprint density at radius 1 is 0.959 bits per heavy atom. The lowest BCUT2D eigenvalue weighted by Gasteiger charge is -2.37. The first-order valence-corrected chi connectivity index (χ1v) is 16.5. The maximum atomic E-state index is 14.9. The molecule has 3 aromatic carbocycles. The molecule has 4 aromatic rings. The first-order valence-electron chi connectivity index (χ1n) is 16.5. The lowest BCUT2D eigenvalue weighted by atomic mass is 10.0. The van der Waals surface area contributed by atoms with Crippen molar-refractivity contribution in [2.45, 2.75) is 37.8 Å². The highest BCUT2D eigenvalue weighted by molar-refractivity contribution is 5.80. The van der Waals surface area contributed by atoms with Crippen LogP contribution in [-0.2, 0) is 21.8 Å². The zero-order valence-electron chi connectivity index (χ0n) is 27.3. The zero-order valence-corrected chi connectivity index (χ0v) is 27.3. The van der Waals surface area contributed by atoms with Gasteiger partial charge < -0.3 is 34.0 Å². The number of aromatic nitrogens is 3. The van der Waals surface area contributed by atoms with Gasteiger partial charge in [-0.25, -0.2) is 18.4 Å². The Morgan fingerprint density at radius 2 is 1.65 bits per heavy atom. The lowest BCUT2D eigenvalue weighted by Crippen LogP contribution is -2.46. The maximum Gasteiger partial charge on any atom is 0.218 e. The van der Waals surface area contributed by atoms with Gasteiger partial charge in [0.1, 0.15) is 62.3 Å². The van der Waals surface area contributed by atoms with Crippen molar-refractivity contribution >= 4 is 23.4 Å². The molecule has 1 N–H and O–H groups in total. The van der Waals surface area contributed by atoms with Gasteiger partial charge in [0.15, 0.2) is 0 Å². The number of ether oxygens (including phenoxy) is 3. The second-order valence-corrected chi connectivity index (χ2v) is 12.3. The predicted molar refractivity (Wildman–Crippen MR) is 181 cm³/mol. The molecule has 1 unspecified atom stereocenters. The normalized spacial score (nSPS) is 21.5. The third-order valence-corrected chi connectivity index (χ3v) is 9.24. The van der Waals surface area contributed by atoms with Crippen LogP contribution in [0.15, 0.2) is 84.5 Å². The molecule has 4 heterocycles. The van der Waals surface area contributed by atoms with E-state index in [-0.39, 0.29) is 38.0 Å². The van der Waals surface area contributed by atoms with Crippen molar-refractivity contribution in [3.8, 4) is 5.75 Å². The minimum atomic E-state index is -1.50. The summed E-state index contributed by atoms with van der Waals surface area (Å²) in [5.41, 5.74) is 3.46. The van der Waals surface area contributed by atoms with Crippen LogP contribution in [0.1, 0.15) is 18.9 Å². The highest BCUT2D eigenvalue weighted by Gasteiger charge is 2.46. The number of hydrogen-bond donors (Lipinski definition) is 1. The molecule has 1 aromatic heterocycles. The Bertz CT molecular complexity index is 1700. The Morgan fingerprint density at radius 3 is 2.29 bits per heavy atom. The van der Waals surface area contributed by atoms with E-state index < -0.39 is 23.5 Å². The molecule has 0 radical (unpaired) electrons. The van der Waals surface area contributed by atoms with Crippen LogP contribution in [0.3, 0.4) is 0 Å². The molecule has 3 aliphatic heterocycles. The number of aliphatic hydroxyl groups is 1. The highest BCUT2D eigenvalue weighted by atomic mass is 19.1. The fourth-order valence-corrected chi connectivity index (χ4v) is 6.45. The number of rotatable bonds is 12. The van der Waals surface area contributed by atoms with Gasteiger partial charge in [-0.3, -0.25) is 5.01 Å². The summed E-state index contributed by atoms with van der Waals surface area (Å²) < 4.78 is 48.4. The molecule has 0 bridgehead atoms. The first kappa shape index (κ1) is 32.7. The van der Waals surface area contributed by atoms with Crippen LogP contribution in [0.4, 0.5) is 25.8 Å². The van der Waals surface area contributed by atoms with Crippen LogP contribution in [0.2, 0.25) is 0 Å². The summed E-state index contributed by atoms with van der Waals surface area (Å²) >= 11 is 0. The number of benzene rings is 3. The summed E-state index contributed by atoms with van der Waals surface area (Å²) in [7, 11) is 0. The van der Waals surface area contributed by atoms with Gasteiger partial charge in [-0.1, -0.05) is 6.92 Å². The monoisotopic (exact) mass is 674 g/mol. The van der Waals surface area contributed by atoms with E-state index in [1.165, 1.54) is 35.2 Å². The van der Waals surface area contributed by atoms with Crippen molar-refractivity contribution < 1.29 is 28.1 Å². The van der Waals surface area contributed by atoms with Crippen molar-refractivity contribution in [2.75, 3.05) is 67.4 Å². The molecular weight excluding hydrogens is 634 g/mol. The molecule has 3 aliphatic rings. The van der Waals surface area contributed by atoms with Gasteiger partial charge in [0.2, 0.25) is 5.79 Å². The smallest absolute Gasteiger partial charge is 0.218 e. The van der Waals surface area contributed by atoms with Crippen molar-refractivity contribution in [1.82, 2.24) is 19.8 Å². The zero-order chi connectivity index (χ0) is 33.8. The summed E-state index contributed by atoms with van der Waals surface area (Å²) in [5.74, 6) is -2.27. The maximum absolute atomic E-state index is 14.9. The van der Waals surface area contributed by atoms with Crippen LogP contribution in [-0.4, -0.2) is 96.0 Å². The Kier molecular flexibility index (Phi) is 9.60. The SMILES string of the molecule is CCC(CO)N1CN(c2ccc(N3CCN(c4ccc(OC[C@@H]5CO[C@@](Cn6cncn6)(c6ccc(F)cc6F)O5)cc4)CC3)cc2)C=N1. The third kappa shape index (κ3) is 7.16. The van der Waals surface area contributed by atoms with Crippen molar-refractivity contribution in [3.05, 3.63) is 96.6 Å². The molecular formula is C35H40F2N8O4. The molecule has 2 fully saturated rings. The predicted octanol–water partition coefficient (Wildman–Crippen LogP) is 4.02. The number of piperazine rings is 1. The molecule has 258 valence electrons. The summed E-state index contributed by atoms with van der Waals surface area (Å²) in [6.07, 6.45) is 5.03. The molecule has 0 spiro atoms. The molecule has 49 heavy (non-hydrogen) atoms. The molecule has 0 aliphatic carbocycles. The van der Waals surface area contributed by atoms with Crippen molar-refractivity contribution in [1.29, 1.82) is 0 Å². The fourth-order valence-electron chi connectivity index (χ4n) is 6.45. The summed E-state index contributed by atoms with van der Waals surface area (Å²) in [5, 5.41) is 20.1. The molecule has 0 amide bonds. The van der Waals surface area contributed by atoms with Crippen LogP contribution < -0.4 is 19.4 Å². The van der Waals surface area contributed by atoms with Crippen LogP contribution in [0.25, 0.3) is 0 Å². The van der Waals surface area contributed by atoms with Gasteiger partial charge in [-0.15, -0.1) is 0 Å². The van der Waals surface area contributed by atoms with Gasteiger partial charge in [-0.05, 0) is 67.1 Å². The Labute approximate surface area is 283 Å². The number of hydrazone groups is 1. The molecule has 14 heteroatoms. The van der Waals surface area contributed by atoms with Gasteiger partial charge in [0.05, 0.1) is 19.3 Å². The van der Waals surface area contributed by atoms with Crippen molar-refractivity contribution in [2.24, 2.45) is 5.10 Å². The molecule has 2 saturated heterocycles. The first-order chi connectivity index (χ1) is 23.9. The van der Waals surface area contributed by atoms with Gasteiger partial charge in [-0.2, -0.15) is 10.2 Å². The molecule has 3 atom stereocenters. The fraction of sp³-hybridized carbons (Fsp3) is 0.400. The largest absolute Gasteiger partial charge is 0.491 e. The van der Waals surface area contributed by atoms with Gasteiger partial charge in [0.25, 0.3) is 0 Å². The van der Waals surface area contributed by atoms with E-state index in [0.29, 0.717) is 12.4 Å². The second-order valence-electron chi connectivity index (χ2n) is 12.3. The number of nitrogens with zero attached hydrogens (tertiary/aromatic N) is 8.